The quantitative estimate of drug-likeness (QED) is 0.390. The average molecular weight is 507 g/mol. The molecule has 2 aliphatic carbocycles. The number of carbonyl (C=O) groups is 2. The summed E-state index contributed by atoms with van der Waals surface area (Å²) in [7, 11) is 1.55. The maximum Gasteiger partial charge on any atom is 0.304 e. The standard InChI is InChI=1S/C27H30N4O4S/c1-35-24-15-28-22(14-29-24)20-8-4-5-9-21(20)23-16-36-27(30-23)31(19-10-11-19)26(34)18(13-25(32)33)12-17-6-2-3-7-17/h4-5,8-9,14-19H,2-3,6-7,10-13H2,1H3,(H,32,33). The lowest BCUT2D eigenvalue weighted by Gasteiger charge is -2.26. The van der Waals surface area contributed by atoms with Crippen molar-refractivity contribution >= 4 is 28.3 Å². The van der Waals surface area contributed by atoms with Crippen LogP contribution in [0.4, 0.5) is 5.13 Å². The molecule has 3 aromatic rings. The van der Waals surface area contributed by atoms with E-state index in [0.29, 0.717) is 29.0 Å². The number of benzene rings is 1. The number of amides is 1. The number of thiazole rings is 1. The van der Waals surface area contributed by atoms with E-state index in [1.165, 1.54) is 24.2 Å². The lowest BCUT2D eigenvalue weighted by molar-refractivity contribution is -0.141. The van der Waals surface area contributed by atoms with E-state index in [0.717, 1.165) is 42.5 Å². The van der Waals surface area contributed by atoms with Gasteiger partial charge in [-0.05, 0) is 25.2 Å². The molecule has 2 fully saturated rings. The molecule has 2 saturated carbocycles. The van der Waals surface area contributed by atoms with Crippen LogP contribution in [0.5, 0.6) is 5.88 Å². The number of carboxylic acids is 1. The Balaban J connectivity index is 1.43. The van der Waals surface area contributed by atoms with E-state index in [4.69, 9.17) is 9.72 Å². The number of carbonyl (C=O) groups excluding carboxylic acids is 1. The highest BCUT2D eigenvalue weighted by Crippen LogP contribution is 2.40. The fourth-order valence-electron chi connectivity index (χ4n) is 5.08. The molecule has 0 spiro atoms. The van der Waals surface area contributed by atoms with Gasteiger partial charge in [0.1, 0.15) is 0 Å². The Morgan fingerprint density at radius 2 is 1.81 bits per heavy atom. The van der Waals surface area contributed by atoms with Crippen LogP contribution in [-0.2, 0) is 9.59 Å². The number of nitrogens with zero attached hydrogens (tertiary/aromatic N) is 4. The van der Waals surface area contributed by atoms with Crippen molar-refractivity contribution in [1.29, 1.82) is 0 Å². The normalized spacial score (nSPS) is 16.6. The van der Waals surface area contributed by atoms with Gasteiger partial charge in [-0.3, -0.25) is 14.5 Å². The molecule has 0 aliphatic heterocycles. The second kappa shape index (κ2) is 10.7. The number of carboxylic acid groups (broad SMARTS) is 1. The first-order valence-corrected chi connectivity index (χ1v) is 13.4. The van der Waals surface area contributed by atoms with Gasteiger partial charge in [0, 0.05) is 28.5 Å². The van der Waals surface area contributed by atoms with Gasteiger partial charge >= 0.3 is 5.97 Å². The number of aromatic nitrogens is 3. The minimum Gasteiger partial charge on any atom is -0.481 e. The molecule has 2 heterocycles. The van der Waals surface area contributed by atoms with Gasteiger partial charge in [0.05, 0.1) is 37.3 Å². The fraction of sp³-hybridized carbons (Fsp3) is 0.444. The molecule has 8 nitrogen and oxygen atoms in total. The summed E-state index contributed by atoms with van der Waals surface area (Å²) in [5.74, 6) is -0.651. The Bertz CT molecular complexity index is 1220. The van der Waals surface area contributed by atoms with E-state index in [1.54, 1.807) is 24.4 Å². The second-order valence-electron chi connectivity index (χ2n) is 9.63. The Kier molecular flexibility index (Phi) is 7.27. The van der Waals surface area contributed by atoms with E-state index < -0.39 is 11.9 Å². The number of hydrogen-bond donors (Lipinski definition) is 1. The molecule has 1 N–H and O–H groups in total. The second-order valence-corrected chi connectivity index (χ2v) is 10.5. The smallest absolute Gasteiger partial charge is 0.304 e. The van der Waals surface area contributed by atoms with Crippen molar-refractivity contribution < 1.29 is 19.4 Å². The van der Waals surface area contributed by atoms with Gasteiger partial charge in [-0.1, -0.05) is 49.9 Å². The largest absolute Gasteiger partial charge is 0.481 e. The number of hydrogen-bond acceptors (Lipinski definition) is 7. The van der Waals surface area contributed by atoms with Crippen molar-refractivity contribution in [3.8, 4) is 28.4 Å². The lowest BCUT2D eigenvalue weighted by atomic mass is 9.90. The van der Waals surface area contributed by atoms with Gasteiger partial charge in [0.15, 0.2) is 5.13 Å². The molecular formula is C27H30N4O4S. The highest BCUT2D eigenvalue weighted by atomic mass is 32.1. The first-order valence-electron chi connectivity index (χ1n) is 12.5. The summed E-state index contributed by atoms with van der Waals surface area (Å²) >= 11 is 1.43. The van der Waals surface area contributed by atoms with E-state index in [2.05, 4.69) is 9.97 Å². The fourth-order valence-corrected chi connectivity index (χ4v) is 5.98. The third-order valence-corrected chi connectivity index (χ3v) is 7.87. The van der Waals surface area contributed by atoms with Crippen LogP contribution >= 0.6 is 11.3 Å². The average Bonchev–Trinajstić information content (AvgIpc) is 3.36. The Labute approximate surface area is 214 Å². The highest BCUT2D eigenvalue weighted by Gasteiger charge is 2.40. The summed E-state index contributed by atoms with van der Waals surface area (Å²) in [6, 6.07) is 7.94. The number of aliphatic carboxylic acids is 1. The van der Waals surface area contributed by atoms with Gasteiger partial charge in [-0.2, -0.15) is 0 Å². The molecule has 1 atom stereocenters. The van der Waals surface area contributed by atoms with Gasteiger partial charge < -0.3 is 9.84 Å². The third-order valence-electron chi connectivity index (χ3n) is 7.03. The summed E-state index contributed by atoms with van der Waals surface area (Å²) in [5, 5.41) is 12.1. The number of methoxy groups -OCH3 is 1. The van der Waals surface area contributed by atoms with Crippen LogP contribution in [0.25, 0.3) is 22.5 Å². The Hall–Kier alpha value is -3.33. The van der Waals surface area contributed by atoms with Crippen LogP contribution in [-0.4, -0.2) is 45.1 Å². The molecule has 1 unspecified atom stereocenters. The van der Waals surface area contributed by atoms with Crippen molar-refractivity contribution in [2.24, 2.45) is 11.8 Å². The molecule has 2 aliphatic rings. The molecular weight excluding hydrogens is 476 g/mol. The van der Waals surface area contributed by atoms with E-state index in [-0.39, 0.29) is 18.4 Å². The monoisotopic (exact) mass is 506 g/mol. The first-order chi connectivity index (χ1) is 17.5. The number of anilines is 1. The zero-order chi connectivity index (χ0) is 25.1. The summed E-state index contributed by atoms with van der Waals surface area (Å²) in [5.41, 5.74) is 3.25. The van der Waals surface area contributed by atoms with Crippen LogP contribution < -0.4 is 9.64 Å². The minimum atomic E-state index is -0.920. The predicted molar refractivity (Wildman–Crippen MR) is 138 cm³/mol. The maximum atomic E-state index is 13.7. The van der Waals surface area contributed by atoms with Gasteiger partial charge in [0.25, 0.3) is 0 Å². The molecule has 0 radical (unpaired) electrons. The molecule has 1 aromatic carbocycles. The number of ether oxygens (including phenoxy) is 1. The molecule has 0 bridgehead atoms. The predicted octanol–water partition coefficient (Wildman–Crippen LogP) is 5.44. The zero-order valence-electron chi connectivity index (χ0n) is 20.3. The molecule has 1 amide bonds. The van der Waals surface area contributed by atoms with Crippen LogP contribution in [0.3, 0.4) is 0 Å². The minimum absolute atomic E-state index is 0.0954. The van der Waals surface area contributed by atoms with E-state index >= 15 is 0 Å². The summed E-state index contributed by atoms with van der Waals surface area (Å²) < 4.78 is 5.13. The van der Waals surface area contributed by atoms with Crippen molar-refractivity contribution in [2.45, 2.75) is 57.4 Å². The summed E-state index contributed by atoms with van der Waals surface area (Å²) in [6.07, 6.45) is 10.1. The van der Waals surface area contributed by atoms with Crippen molar-refractivity contribution in [3.63, 3.8) is 0 Å². The van der Waals surface area contributed by atoms with Crippen LogP contribution in [0.15, 0.2) is 42.0 Å². The van der Waals surface area contributed by atoms with Crippen molar-refractivity contribution in [1.82, 2.24) is 15.0 Å². The van der Waals surface area contributed by atoms with Crippen LogP contribution in [0.1, 0.15) is 51.4 Å². The molecule has 5 rings (SSSR count). The van der Waals surface area contributed by atoms with Crippen molar-refractivity contribution in [2.75, 3.05) is 12.0 Å². The maximum absolute atomic E-state index is 13.7. The molecule has 0 saturated heterocycles. The molecule has 9 heteroatoms. The highest BCUT2D eigenvalue weighted by molar-refractivity contribution is 7.14. The SMILES string of the molecule is COc1cnc(-c2ccccc2-c2csc(N(C(=O)C(CC(=O)O)CC3CCCC3)C3CC3)n2)cn1. The lowest BCUT2D eigenvalue weighted by Crippen LogP contribution is -2.39. The van der Waals surface area contributed by atoms with Crippen LogP contribution in [0.2, 0.25) is 0 Å². The first kappa shape index (κ1) is 24.4. The van der Waals surface area contributed by atoms with Gasteiger partial charge in [0.2, 0.25) is 11.8 Å². The van der Waals surface area contributed by atoms with E-state index in [9.17, 15) is 14.7 Å². The van der Waals surface area contributed by atoms with Crippen LogP contribution in [0, 0.1) is 11.8 Å². The summed E-state index contributed by atoms with van der Waals surface area (Å²) in [4.78, 5) is 40.8. The van der Waals surface area contributed by atoms with Gasteiger partial charge in [-0.15, -0.1) is 11.3 Å². The Morgan fingerprint density at radius 3 is 2.42 bits per heavy atom. The Morgan fingerprint density at radius 1 is 1.08 bits per heavy atom. The zero-order valence-corrected chi connectivity index (χ0v) is 21.1. The molecule has 2 aromatic heterocycles. The summed E-state index contributed by atoms with van der Waals surface area (Å²) in [6.45, 7) is 0. The molecule has 188 valence electrons. The number of rotatable bonds is 10. The third kappa shape index (κ3) is 5.41. The van der Waals surface area contributed by atoms with E-state index in [1.807, 2.05) is 29.6 Å². The van der Waals surface area contributed by atoms with Crippen molar-refractivity contribution in [3.05, 3.63) is 42.0 Å². The molecule has 36 heavy (non-hydrogen) atoms. The topological polar surface area (TPSA) is 106 Å². The van der Waals surface area contributed by atoms with Gasteiger partial charge in [-0.25, -0.2) is 15.0 Å².